The molecule has 0 heterocycles. The van der Waals surface area contributed by atoms with Crippen molar-refractivity contribution in [2.75, 3.05) is 7.11 Å². The molecule has 0 aliphatic carbocycles. The van der Waals surface area contributed by atoms with Gasteiger partial charge in [0.05, 0.1) is 0 Å². The van der Waals surface area contributed by atoms with Crippen LogP contribution in [0.15, 0.2) is 30.3 Å². The number of aliphatic hydroxyl groups is 1. The monoisotopic (exact) mass is 257 g/mol. The Kier molecular flexibility index (Phi) is 50.6. The second kappa shape index (κ2) is 22.6. The zero-order chi connectivity index (χ0) is 5.54. The van der Waals surface area contributed by atoms with E-state index in [1.54, 1.807) is 0 Å². The van der Waals surface area contributed by atoms with E-state index in [9.17, 15) is 0 Å². The van der Waals surface area contributed by atoms with Crippen molar-refractivity contribution in [1.29, 1.82) is 0 Å². The Morgan fingerprint density at radius 1 is 1.00 bits per heavy atom. The summed E-state index contributed by atoms with van der Waals surface area (Å²) in [5, 5.41) is 7.00. The minimum atomic E-state index is 0. The Morgan fingerprint density at radius 3 is 1.40 bits per heavy atom. The molecule has 0 spiro atoms. The van der Waals surface area contributed by atoms with Crippen LogP contribution in [-0.4, -0.2) is 12.2 Å². The predicted molar refractivity (Wildman–Crippen MR) is 30.2 cm³/mol. The second-order valence-electron chi connectivity index (χ2n) is 0.962. The van der Waals surface area contributed by atoms with Crippen molar-refractivity contribution < 1.29 is 56.1 Å². The van der Waals surface area contributed by atoms with Crippen molar-refractivity contribution in [3.63, 3.8) is 0 Å². The average molecular weight is 259 g/mol. The normalized spacial score (nSPS) is 4.60. The first-order valence-corrected chi connectivity index (χ1v) is 2.11. The molecular formula is C6H9Cl2OZr. The van der Waals surface area contributed by atoms with Crippen LogP contribution >= 0.6 is 0 Å². The standard InChI is InChI=1S/C5H5.CH4O.2ClH.Zr/c1-2-4-5-3-1;1-2;;;/h1-5H;2H,1H3;2*1H;/q-1;;;;+3/p-2. The number of aliphatic hydroxyl groups excluding tert-OH is 1. The van der Waals surface area contributed by atoms with Crippen molar-refractivity contribution in [3.05, 3.63) is 30.3 Å². The minimum Gasteiger partial charge on any atom is -1.00 e. The zero-order valence-corrected chi connectivity index (χ0v) is 9.56. The Balaban J connectivity index is -0.0000000337. The van der Waals surface area contributed by atoms with E-state index in [4.69, 9.17) is 5.11 Å². The number of halogens is 2. The van der Waals surface area contributed by atoms with Gasteiger partial charge in [-0.2, -0.15) is 18.2 Å². The Hall–Kier alpha value is 0.773. The van der Waals surface area contributed by atoms with Crippen molar-refractivity contribution >= 4 is 0 Å². The maximum Gasteiger partial charge on any atom is 3.00 e. The predicted octanol–water partition coefficient (Wildman–Crippen LogP) is -4.98. The molecule has 0 saturated carbocycles. The summed E-state index contributed by atoms with van der Waals surface area (Å²) in [5.74, 6) is 0. The largest absolute Gasteiger partial charge is 3.00 e. The van der Waals surface area contributed by atoms with Crippen LogP contribution in [0, 0.1) is 0 Å². The van der Waals surface area contributed by atoms with Crippen LogP contribution in [0.25, 0.3) is 0 Å². The number of hydrogen-bond donors (Lipinski definition) is 1. The summed E-state index contributed by atoms with van der Waals surface area (Å²) in [6, 6.07) is 10.0. The van der Waals surface area contributed by atoms with Gasteiger partial charge in [-0.3, -0.25) is 0 Å². The van der Waals surface area contributed by atoms with Crippen LogP contribution in [0.2, 0.25) is 0 Å². The van der Waals surface area contributed by atoms with Crippen LogP contribution in [0.5, 0.6) is 0 Å². The molecule has 4 heteroatoms. The number of hydrogen-bond acceptors (Lipinski definition) is 1. The maximum atomic E-state index is 7.00. The fraction of sp³-hybridized carbons (Fsp3) is 0.167. The molecule has 1 nitrogen and oxygen atoms in total. The topological polar surface area (TPSA) is 20.2 Å². The third-order valence-electron chi connectivity index (χ3n) is 0.556. The Morgan fingerprint density at radius 2 is 1.30 bits per heavy atom. The Labute approximate surface area is 93.1 Å². The third kappa shape index (κ3) is 15.9. The van der Waals surface area contributed by atoms with Crippen molar-refractivity contribution in [2.24, 2.45) is 0 Å². The van der Waals surface area contributed by atoms with Crippen molar-refractivity contribution in [1.82, 2.24) is 0 Å². The molecule has 0 bridgehead atoms. The van der Waals surface area contributed by atoms with Crippen LogP contribution < -0.4 is 24.8 Å². The molecule has 10 heavy (non-hydrogen) atoms. The van der Waals surface area contributed by atoms with Crippen LogP contribution in [-0.2, 0) is 26.2 Å². The Bertz CT molecular complexity index is 72.2. The van der Waals surface area contributed by atoms with Gasteiger partial charge in [-0.05, 0) is 0 Å². The van der Waals surface area contributed by atoms with Crippen LogP contribution in [0.3, 0.4) is 0 Å². The van der Waals surface area contributed by atoms with Gasteiger partial charge >= 0.3 is 26.2 Å². The zero-order valence-electron chi connectivity index (χ0n) is 5.59. The van der Waals surface area contributed by atoms with E-state index >= 15 is 0 Å². The van der Waals surface area contributed by atoms with Gasteiger partial charge in [-0.15, -0.1) is 0 Å². The molecule has 0 unspecified atom stereocenters. The molecule has 0 aromatic heterocycles. The van der Waals surface area contributed by atoms with Gasteiger partial charge in [0, 0.05) is 7.11 Å². The van der Waals surface area contributed by atoms with Gasteiger partial charge in [0.15, 0.2) is 0 Å². The summed E-state index contributed by atoms with van der Waals surface area (Å²) in [5.41, 5.74) is 0. The molecule has 1 rings (SSSR count). The molecule has 1 aromatic rings. The van der Waals surface area contributed by atoms with Gasteiger partial charge < -0.3 is 29.9 Å². The molecule has 57 valence electrons. The first-order valence-electron chi connectivity index (χ1n) is 2.11. The molecule has 0 amide bonds. The fourth-order valence-corrected chi connectivity index (χ4v) is 0.321. The van der Waals surface area contributed by atoms with E-state index in [0.717, 1.165) is 7.11 Å². The summed E-state index contributed by atoms with van der Waals surface area (Å²) in [6.07, 6.45) is 0. The van der Waals surface area contributed by atoms with Crippen LogP contribution in [0.4, 0.5) is 0 Å². The molecular weight excluding hydrogens is 250 g/mol. The first kappa shape index (κ1) is 22.4. The van der Waals surface area contributed by atoms with E-state index in [0.29, 0.717) is 0 Å². The first-order chi connectivity index (χ1) is 3.50. The molecule has 0 saturated heterocycles. The van der Waals surface area contributed by atoms with Crippen molar-refractivity contribution in [3.8, 4) is 0 Å². The quantitative estimate of drug-likeness (QED) is 0.463. The van der Waals surface area contributed by atoms with E-state index in [1.807, 2.05) is 30.3 Å². The van der Waals surface area contributed by atoms with E-state index in [-0.39, 0.29) is 51.0 Å². The SMILES string of the molecule is CO.[Cl-].[Cl-].[Zr+3].c1cc[cH-]c1. The molecule has 0 fully saturated rings. The smallest absolute Gasteiger partial charge is 1.00 e. The average Bonchev–Trinajstić information content (AvgIpc) is 2.23. The molecule has 1 N–H and O–H groups in total. The van der Waals surface area contributed by atoms with Crippen molar-refractivity contribution in [2.45, 2.75) is 0 Å². The van der Waals surface area contributed by atoms with Gasteiger partial charge in [0.25, 0.3) is 0 Å². The van der Waals surface area contributed by atoms with Gasteiger partial charge in [-0.1, -0.05) is 0 Å². The van der Waals surface area contributed by atoms with E-state index in [2.05, 4.69) is 0 Å². The molecule has 0 aliphatic heterocycles. The molecule has 1 radical (unpaired) electrons. The summed E-state index contributed by atoms with van der Waals surface area (Å²) < 4.78 is 0. The van der Waals surface area contributed by atoms with Crippen LogP contribution in [0.1, 0.15) is 0 Å². The van der Waals surface area contributed by atoms with Gasteiger partial charge in [0.2, 0.25) is 0 Å². The van der Waals surface area contributed by atoms with Gasteiger partial charge in [-0.25, -0.2) is 12.1 Å². The second-order valence-corrected chi connectivity index (χ2v) is 0.962. The van der Waals surface area contributed by atoms with Gasteiger partial charge in [0.1, 0.15) is 0 Å². The summed E-state index contributed by atoms with van der Waals surface area (Å²) >= 11 is 0. The molecule has 1 aromatic carbocycles. The number of rotatable bonds is 0. The van der Waals surface area contributed by atoms with E-state index in [1.165, 1.54) is 0 Å². The summed E-state index contributed by atoms with van der Waals surface area (Å²) in [7, 11) is 1.00. The minimum absolute atomic E-state index is 0. The summed E-state index contributed by atoms with van der Waals surface area (Å²) in [6.45, 7) is 0. The fourth-order valence-electron chi connectivity index (χ4n) is 0.321. The third-order valence-corrected chi connectivity index (χ3v) is 0.556. The molecule has 0 atom stereocenters. The molecule has 0 aliphatic rings. The van der Waals surface area contributed by atoms with E-state index < -0.39 is 0 Å². The maximum absolute atomic E-state index is 7.00. The summed E-state index contributed by atoms with van der Waals surface area (Å²) in [4.78, 5) is 0.